The number of amides is 1. The van der Waals surface area contributed by atoms with Gasteiger partial charge in [-0.25, -0.2) is 4.79 Å². The predicted molar refractivity (Wildman–Crippen MR) is 153 cm³/mol. The maximum atomic E-state index is 13.6. The molecule has 1 aliphatic heterocycles. The Morgan fingerprint density at radius 3 is 1.92 bits per heavy atom. The first-order valence-electron chi connectivity index (χ1n) is 13.2. The van der Waals surface area contributed by atoms with Crippen LogP contribution in [0.25, 0.3) is 0 Å². The number of halogens is 1. The van der Waals surface area contributed by atoms with E-state index in [4.69, 9.17) is 15.8 Å². The lowest BCUT2D eigenvalue weighted by Gasteiger charge is -2.51. The van der Waals surface area contributed by atoms with E-state index in [2.05, 4.69) is 76.2 Å². The molecule has 2 aromatic rings. The number of benzene rings is 2. The summed E-state index contributed by atoms with van der Waals surface area (Å²) >= 11 is 7.84. The molecule has 1 fully saturated rings. The van der Waals surface area contributed by atoms with Crippen LogP contribution < -0.4 is 10.4 Å². The molecule has 1 amide bonds. The van der Waals surface area contributed by atoms with Crippen LogP contribution in [0.15, 0.2) is 60.7 Å². The second-order valence-electron chi connectivity index (χ2n) is 12.3. The number of nitrogens with zero attached hydrogens (tertiary/aromatic N) is 1. The molecule has 0 aromatic heterocycles. The molecule has 0 bridgehead atoms. The number of likely N-dealkylation sites (tertiary alicyclic amines) is 1. The van der Waals surface area contributed by atoms with E-state index in [1.165, 1.54) is 10.4 Å². The highest BCUT2D eigenvalue weighted by molar-refractivity contribution is 7.35. The molecule has 2 aromatic carbocycles. The van der Waals surface area contributed by atoms with Gasteiger partial charge in [0.05, 0.1) is 12.6 Å². The number of carbonyl (C=O) groups is 1. The van der Waals surface area contributed by atoms with Crippen molar-refractivity contribution in [2.24, 2.45) is 11.8 Å². The van der Waals surface area contributed by atoms with Crippen molar-refractivity contribution in [2.75, 3.05) is 6.61 Å². The Morgan fingerprint density at radius 1 is 1.00 bits per heavy atom. The molecule has 0 aliphatic carbocycles. The maximum absolute atomic E-state index is 13.6. The Balaban J connectivity index is 2.05. The largest absolute Gasteiger partial charge is 0.444 e. The van der Waals surface area contributed by atoms with Crippen molar-refractivity contribution in [1.82, 2.24) is 4.90 Å². The van der Waals surface area contributed by atoms with Crippen LogP contribution >= 0.6 is 11.1 Å². The fourth-order valence-electron chi connectivity index (χ4n) is 6.01. The molecule has 3 atom stereocenters. The predicted octanol–water partition coefficient (Wildman–Crippen LogP) is 6.19. The highest BCUT2D eigenvalue weighted by atomic mass is 35.6. The molecule has 3 rings (SSSR count). The van der Waals surface area contributed by atoms with Crippen molar-refractivity contribution >= 4 is 34.9 Å². The molecule has 3 unspecified atom stereocenters. The van der Waals surface area contributed by atoms with Crippen LogP contribution in [0.3, 0.4) is 0 Å². The van der Waals surface area contributed by atoms with Crippen molar-refractivity contribution in [2.45, 2.75) is 90.5 Å². The van der Waals surface area contributed by atoms with Gasteiger partial charge in [-0.2, -0.15) is 11.1 Å². The van der Waals surface area contributed by atoms with E-state index in [9.17, 15) is 9.90 Å². The van der Waals surface area contributed by atoms with E-state index in [0.717, 1.165) is 19.3 Å². The van der Waals surface area contributed by atoms with Crippen LogP contribution in [0.1, 0.15) is 67.7 Å². The Morgan fingerprint density at radius 2 is 1.50 bits per heavy atom. The van der Waals surface area contributed by atoms with Crippen molar-refractivity contribution in [1.29, 1.82) is 0 Å². The summed E-state index contributed by atoms with van der Waals surface area (Å²) in [5.41, 5.74) is -0.610. The van der Waals surface area contributed by atoms with Crippen LogP contribution in [0.5, 0.6) is 0 Å². The molecule has 36 heavy (non-hydrogen) atoms. The van der Waals surface area contributed by atoms with Gasteiger partial charge < -0.3 is 9.84 Å². The third kappa shape index (κ3) is 6.00. The monoisotopic (exact) mass is 529 g/mol. The van der Waals surface area contributed by atoms with Crippen molar-refractivity contribution < 1.29 is 14.6 Å². The topological polar surface area (TPSA) is 49.8 Å². The molecule has 1 aliphatic rings. The van der Waals surface area contributed by atoms with Gasteiger partial charge in [0.25, 0.3) is 0 Å². The van der Waals surface area contributed by atoms with Crippen LogP contribution in [0.4, 0.5) is 4.79 Å². The lowest BCUT2D eigenvalue weighted by molar-refractivity contribution is -0.0411. The minimum Gasteiger partial charge on any atom is -0.444 e. The van der Waals surface area contributed by atoms with Crippen LogP contribution in [0.2, 0.25) is 5.04 Å². The molecule has 1 heterocycles. The van der Waals surface area contributed by atoms with Gasteiger partial charge in [-0.1, -0.05) is 88.4 Å². The number of aliphatic hydroxyl groups excluding tert-OH is 1. The van der Waals surface area contributed by atoms with E-state index < -0.39 is 13.0 Å². The SMILES string of the molecule is CC(C)C1CCC(CC(C)(C)[Si](Cl)(c2ccccc2)c2ccccc2)N(C(=O)OC(C)(C)C)C1CO. The van der Waals surface area contributed by atoms with Gasteiger partial charge in [-0.15, -0.1) is 0 Å². The van der Waals surface area contributed by atoms with Gasteiger partial charge in [0.15, 0.2) is 0 Å². The van der Waals surface area contributed by atoms with Gasteiger partial charge in [0.2, 0.25) is 7.38 Å². The number of hydrogen-bond donors (Lipinski definition) is 1. The first-order chi connectivity index (χ1) is 16.8. The van der Waals surface area contributed by atoms with E-state index in [1.807, 2.05) is 37.8 Å². The van der Waals surface area contributed by atoms with E-state index in [-0.39, 0.29) is 35.7 Å². The number of carbonyl (C=O) groups excluding carboxylic acids is 1. The molecule has 0 radical (unpaired) electrons. The Bertz CT molecular complexity index is 951. The number of hydrogen-bond acceptors (Lipinski definition) is 3. The fourth-order valence-corrected chi connectivity index (χ4v) is 10.7. The average Bonchev–Trinajstić information content (AvgIpc) is 2.82. The molecule has 0 saturated carbocycles. The van der Waals surface area contributed by atoms with E-state index in [1.54, 1.807) is 0 Å². The number of rotatable bonds is 7. The van der Waals surface area contributed by atoms with Gasteiger partial charge in [0.1, 0.15) is 5.60 Å². The second kappa shape index (κ2) is 11.3. The van der Waals surface area contributed by atoms with Crippen LogP contribution in [-0.2, 0) is 4.74 Å². The fraction of sp³-hybridized carbons (Fsp3) is 0.567. The van der Waals surface area contributed by atoms with Crippen molar-refractivity contribution in [3.05, 3.63) is 60.7 Å². The number of ether oxygens (including phenoxy) is 1. The summed E-state index contributed by atoms with van der Waals surface area (Å²) in [6.07, 6.45) is 2.23. The first-order valence-corrected chi connectivity index (χ1v) is 16.2. The molecule has 4 nitrogen and oxygen atoms in total. The van der Waals surface area contributed by atoms with Crippen LogP contribution in [0, 0.1) is 11.8 Å². The highest BCUT2D eigenvalue weighted by Gasteiger charge is 2.53. The summed E-state index contributed by atoms with van der Waals surface area (Å²) in [5.74, 6) is 0.583. The molecule has 1 saturated heterocycles. The molecule has 6 heteroatoms. The Kier molecular flexibility index (Phi) is 9.01. The number of aliphatic hydroxyl groups is 1. The zero-order valence-electron chi connectivity index (χ0n) is 23.0. The first kappa shape index (κ1) is 28.7. The third-order valence-corrected chi connectivity index (χ3v) is 14.9. The highest BCUT2D eigenvalue weighted by Crippen LogP contribution is 2.47. The van der Waals surface area contributed by atoms with Crippen molar-refractivity contribution in [3.8, 4) is 0 Å². The molecular formula is C30H44ClNO3Si. The van der Waals surface area contributed by atoms with Gasteiger partial charge in [0, 0.05) is 6.04 Å². The summed E-state index contributed by atoms with van der Waals surface area (Å²) in [4.78, 5) is 15.5. The zero-order chi connectivity index (χ0) is 26.7. The third-order valence-electron chi connectivity index (χ3n) is 7.75. The maximum Gasteiger partial charge on any atom is 0.410 e. The summed E-state index contributed by atoms with van der Waals surface area (Å²) in [7, 11) is -2.76. The number of piperidine rings is 1. The Labute approximate surface area is 223 Å². The Hall–Kier alpha value is -1.82. The van der Waals surface area contributed by atoms with E-state index in [0.29, 0.717) is 5.92 Å². The molecular weight excluding hydrogens is 486 g/mol. The summed E-state index contributed by atoms with van der Waals surface area (Å²) < 4.78 is 5.89. The van der Waals surface area contributed by atoms with Crippen molar-refractivity contribution in [3.63, 3.8) is 0 Å². The molecule has 198 valence electrons. The molecule has 1 N–H and O–H groups in total. The molecule has 0 spiro atoms. The summed E-state index contributed by atoms with van der Waals surface area (Å²) in [6.45, 7) is 14.5. The standard InChI is InChI=1S/C30H44ClNO3Si/c1-22(2)26-19-18-23(32(27(26)21-33)28(34)35-29(3,4)5)20-30(6,7)36(31,24-14-10-8-11-15-24)25-16-12-9-13-17-25/h8-17,22-23,26-27,33H,18-21H2,1-7H3. The summed E-state index contributed by atoms with van der Waals surface area (Å²) in [5, 5.41) is 12.5. The van der Waals surface area contributed by atoms with Crippen LogP contribution in [-0.4, -0.2) is 47.8 Å². The summed E-state index contributed by atoms with van der Waals surface area (Å²) in [6, 6.07) is 20.5. The quantitative estimate of drug-likeness (QED) is 0.344. The minimum absolute atomic E-state index is 0.0694. The lowest BCUT2D eigenvalue weighted by Crippen LogP contribution is -2.63. The average molecular weight is 530 g/mol. The lowest BCUT2D eigenvalue weighted by atomic mass is 9.77. The van der Waals surface area contributed by atoms with E-state index >= 15 is 0 Å². The zero-order valence-corrected chi connectivity index (χ0v) is 24.8. The second-order valence-corrected chi connectivity index (χ2v) is 17.8. The smallest absolute Gasteiger partial charge is 0.410 e. The van der Waals surface area contributed by atoms with Gasteiger partial charge in [-0.3, -0.25) is 4.90 Å². The van der Waals surface area contributed by atoms with Gasteiger partial charge >= 0.3 is 6.09 Å². The minimum atomic E-state index is -2.76. The van der Waals surface area contributed by atoms with Gasteiger partial charge in [-0.05, 0) is 67.3 Å². The normalized spacial score (nSPS) is 21.5.